The van der Waals surface area contributed by atoms with Crippen LogP contribution in [0.15, 0.2) is 29.2 Å². The van der Waals surface area contributed by atoms with Crippen LogP contribution in [0.4, 0.5) is 4.39 Å². The molecule has 0 radical (unpaired) electrons. The van der Waals surface area contributed by atoms with E-state index in [1.165, 1.54) is 12.1 Å². The summed E-state index contributed by atoms with van der Waals surface area (Å²) >= 11 is 0. The minimum absolute atomic E-state index is 0.0169. The Morgan fingerprint density at radius 1 is 1.36 bits per heavy atom. The van der Waals surface area contributed by atoms with Crippen molar-refractivity contribution in [3.63, 3.8) is 0 Å². The summed E-state index contributed by atoms with van der Waals surface area (Å²) in [5, 5.41) is 2.70. The Balaban J connectivity index is 1.90. The maximum absolute atomic E-state index is 12.8. The molecule has 1 aliphatic rings. The number of carbonyl (C=O) groups is 1. The van der Waals surface area contributed by atoms with Crippen LogP contribution in [-0.2, 0) is 14.6 Å². The summed E-state index contributed by atoms with van der Waals surface area (Å²) in [6, 6.07) is 4.53. The van der Waals surface area contributed by atoms with E-state index in [1.807, 2.05) is 0 Å². The van der Waals surface area contributed by atoms with Crippen LogP contribution in [0.1, 0.15) is 19.8 Å². The summed E-state index contributed by atoms with van der Waals surface area (Å²) in [6.07, 6.45) is 2.18. The zero-order valence-corrected chi connectivity index (χ0v) is 13.3. The van der Waals surface area contributed by atoms with Gasteiger partial charge >= 0.3 is 0 Å². The molecule has 1 fully saturated rings. The highest BCUT2D eigenvalue weighted by Crippen LogP contribution is 2.31. The molecule has 3 N–H and O–H groups in total. The molecule has 1 saturated carbocycles. The first-order valence-corrected chi connectivity index (χ1v) is 8.96. The van der Waals surface area contributed by atoms with Gasteiger partial charge in [-0.05, 0) is 43.0 Å². The molecule has 1 aliphatic carbocycles. The van der Waals surface area contributed by atoms with Crippen LogP contribution in [0, 0.1) is 17.7 Å². The van der Waals surface area contributed by atoms with Crippen molar-refractivity contribution in [1.29, 1.82) is 0 Å². The van der Waals surface area contributed by atoms with Crippen molar-refractivity contribution in [2.45, 2.75) is 30.7 Å². The first kappa shape index (κ1) is 16.9. The van der Waals surface area contributed by atoms with Crippen molar-refractivity contribution < 1.29 is 17.6 Å². The van der Waals surface area contributed by atoms with Gasteiger partial charge in [-0.15, -0.1) is 0 Å². The monoisotopic (exact) mass is 328 g/mol. The van der Waals surface area contributed by atoms with Crippen LogP contribution in [0.25, 0.3) is 0 Å². The summed E-state index contributed by atoms with van der Waals surface area (Å²) in [6.45, 7) is 1.92. The SMILES string of the molecule is CC(CS(=O)(=O)c1ccc(F)cc1)C(=O)NCC(N)C1CC1. The van der Waals surface area contributed by atoms with Gasteiger partial charge in [0.1, 0.15) is 5.82 Å². The Morgan fingerprint density at radius 3 is 2.50 bits per heavy atom. The van der Waals surface area contributed by atoms with Crippen LogP contribution in [-0.4, -0.2) is 32.7 Å². The molecular formula is C15H21FN2O3S. The van der Waals surface area contributed by atoms with E-state index in [4.69, 9.17) is 5.73 Å². The van der Waals surface area contributed by atoms with E-state index in [2.05, 4.69) is 5.32 Å². The molecule has 0 aliphatic heterocycles. The van der Waals surface area contributed by atoms with Gasteiger partial charge in [0.25, 0.3) is 0 Å². The summed E-state index contributed by atoms with van der Waals surface area (Å²) in [7, 11) is -3.62. The van der Waals surface area contributed by atoms with Gasteiger partial charge in [-0.3, -0.25) is 4.79 Å². The molecular weight excluding hydrogens is 307 g/mol. The van der Waals surface area contributed by atoms with Gasteiger partial charge in [0.05, 0.1) is 10.6 Å². The smallest absolute Gasteiger partial charge is 0.223 e. The molecule has 2 rings (SSSR count). The second-order valence-electron chi connectivity index (χ2n) is 5.88. The topological polar surface area (TPSA) is 89.3 Å². The van der Waals surface area contributed by atoms with Gasteiger partial charge in [-0.1, -0.05) is 6.92 Å². The van der Waals surface area contributed by atoms with E-state index in [0.717, 1.165) is 25.0 Å². The maximum Gasteiger partial charge on any atom is 0.223 e. The maximum atomic E-state index is 12.8. The van der Waals surface area contributed by atoms with E-state index in [1.54, 1.807) is 6.92 Å². The average molecular weight is 328 g/mol. The molecule has 5 nitrogen and oxygen atoms in total. The number of nitrogens with one attached hydrogen (secondary N) is 1. The van der Waals surface area contributed by atoms with Crippen molar-refractivity contribution in [2.75, 3.05) is 12.3 Å². The highest BCUT2D eigenvalue weighted by molar-refractivity contribution is 7.91. The molecule has 2 unspecified atom stereocenters. The third kappa shape index (κ3) is 4.51. The summed E-state index contributed by atoms with van der Waals surface area (Å²) in [5.74, 6) is -1.37. The highest BCUT2D eigenvalue weighted by atomic mass is 32.2. The number of amides is 1. The molecule has 1 aromatic rings. The fourth-order valence-corrected chi connectivity index (χ4v) is 3.78. The van der Waals surface area contributed by atoms with Crippen LogP contribution in [0.3, 0.4) is 0 Å². The fraction of sp³-hybridized carbons (Fsp3) is 0.533. The number of benzene rings is 1. The van der Waals surface area contributed by atoms with Crippen molar-refractivity contribution in [3.8, 4) is 0 Å². The normalized spacial score (nSPS) is 17.8. The molecule has 1 aromatic carbocycles. The first-order valence-electron chi connectivity index (χ1n) is 7.31. The van der Waals surface area contributed by atoms with Crippen LogP contribution in [0.5, 0.6) is 0 Å². The second kappa shape index (κ2) is 6.75. The standard InChI is InChI=1S/C15H21FN2O3S/c1-10(15(19)18-8-14(17)11-2-3-11)9-22(20,21)13-6-4-12(16)5-7-13/h4-7,10-11,14H,2-3,8-9,17H2,1H3,(H,18,19). The van der Waals surface area contributed by atoms with E-state index in [-0.39, 0.29) is 22.6 Å². The number of hydrogen-bond acceptors (Lipinski definition) is 4. The molecule has 0 spiro atoms. The number of nitrogens with two attached hydrogens (primary N) is 1. The predicted molar refractivity (Wildman–Crippen MR) is 81.3 cm³/mol. The fourth-order valence-electron chi connectivity index (χ4n) is 2.23. The van der Waals surface area contributed by atoms with Crippen molar-refractivity contribution in [2.24, 2.45) is 17.6 Å². The second-order valence-corrected chi connectivity index (χ2v) is 7.92. The summed E-state index contributed by atoms with van der Waals surface area (Å²) < 4.78 is 37.2. The van der Waals surface area contributed by atoms with Gasteiger partial charge in [0.15, 0.2) is 9.84 Å². The summed E-state index contributed by atoms with van der Waals surface area (Å²) in [4.78, 5) is 12.0. The Kier molecular flexibility index (Phi) is 5.18. The van der Waals surface area contributed by atoms with Crippen molar-refractivity contribution >= 4 is 15.7 Å². The van der Waals surface area contributed by atoms with Crippen molar-refractivity contribution in [3.05, 3.63) is 30.1 Å². The van der Waals surface area contributed by atoms with Gasteiger partial charge in [-0.25, -0.2) is 12.8 Å². The first-order chi connectivity index (χ1) is 10.3. The molecule has 1 amide bonds. The van der Waals surface area contributed by atoms with Crippen LogP contribution >= 0.6 is 0 Å². The Labute approximate surface area is 130 Å². The van der Waals surface area contributed by atoms with Crippen molar-refractivity contribution in [1.82, 2.24) is 5.32 Å². The minimum atomic E-state index is -3.62. The van der Waals surface area contributed by atoms with E-state index >= 15 is 0 Å². The van der Waals surface area contributed by atoms with E-state index < -0.39 is 21.6 Å². The predicted octanol–water partition coefficient (Wildman–Crippen LogP) is 1.09. The Morgan fingerprint density at radius 2 is 1.95 bits per heavy atom. The molecule has 0 saturated heterocycles. The molecule has 0 heterocycles. The number of sulfone groups is 1. The molecule has 0 bridgehead atoms. The number of rotatable bonds is 7. The quantitative estimate of drug-likeness (QED) is 0.733. The van der Waals surface area contributed by atoms with E-state index in [9.17, 15) is 17.6 Å². The molecule has 0 aromatic heterocycles. The van der Waals surface area contributed by atoms with Gasteiger partial charge in [0.2, 0.25) is 5.91 Å². The zero-order chi connectivity index (χ0) is 16.3. The third-order valence-corrected chi connectivity index (χ3v) is 5.76. The van der Waals surface area contributed by atoms with Gasteiger partial charge in [-0.2, -0.15) is 0 Å². The third-order valence-electron chi connectivity index (χ3n) is 3.83. The lowest BCUT2D eigenvalue weighted by molar-refractivity contribution is -0.123. The van der Waals surface area contributed by atoms with E-state index in [0.29, 0.717) is 12.5 Å². The van der Waals surface area contributed by atoms with Crippen LogP contribution in [0.2, 0.25) is 0 Å². The van der Waals surface area contributed by atoms with Gasteiger partial charge in [0, 0.05) is 18.5 Å². The number of hydrogen-bond donors (Lipinski definition) is 2. The lowest BCUT2D eigenvalue weighted by atomic mass is 10.1. The minimum Gasteiger partial charge on any atom is -0.354 e. The number of carbonyl (C=O) groups excluding carboxylic acids is 1. The summed E-state index contributed by atoms with van der Waals surface area (Å²) in [5.41, 5.74) is 5.89. The molecule has 122 valence electrons. The molecule has 2 atom stereocenters. The highest BCUT2D eigenvalue weighted by Gasteiger charge is 2.29. The lowest BCUT2D eigenvalue weighted by Crippen LogP contribution is -2.41. The lowest BCUT2D eigenvalue weighted by Gasteiger charge is -2.15. The Hall–Kier alpha value is -1.47. The number of halogens is 1. The molecule has 7 heteroatoms. The van der Waals surface area contributed by atoms with Gasteiger partial charge < -0.3 is 11.1 Å². The average Bonchev–Trinajstić information content (AvgIpc) is 3.28. The zero-order valence-electron chi connectivity index (χ0n) is 12.5. The molecule has 22 heavy (non-hydrogen) atoms. The Bertz CT molecular complexity index is 627. The largest absolute Gasteiger partial charge is 0.354 e. The van der Waals surface area contributed by atoms with Crippen LogP contribution < -0.4 is 11.1 Å².